The molecule has 0 atom stereocenters. The summed E-state index contributed by atoms with van der Waals surface area (Å²) < 4.78 is 1.89. The zero-order chi connectivity index (χ0) is 12.1. The van der Waals surface area contributed by atoms with Crippen molar-refractivity contribution in [2.75, 3.05) is 11.9 Å². The Hall–Kier alpha value is -2.42. The molecule has 0 saturated carbocycles. The van der Waals surface area contributed by atoms with Gasteiger partial charge in [0.05, 0.1) is 11.9 Å². The maximum Gasteiger partial charge on any atom is 0.140 e. The van der Waals surface area contributed by atoms with Gasteiger partial charge in [-0.1, -0.05) is 0 Å². The molecule has 2 aromatic heterocycles. The van der Waals surface area contributed by atoms with Crippen molar-refractivity contribution in [1.29, 1.82) is 5.26 Å². The first-order valence-corrected chi connectivity index (χ1v) is 5.22. The molecule has 0 saturated heterocycles. The fraction of sp³-hybridized carbons (Fsp3) is 0.273. The highest BCUT2D eigenvalue weighted by Crippen LogP contribution is 2.05. The van der Waals surface area contributed by atoms with Crippen LogP contribution in [0.4, 0.5) is 5.69 Å². The Morgan fingerprint density at radius 2 is 2.35 bits per heavy atom. The predicted octanol–water partition coefficient (Wildman–Crippen LogP) is 0.736. The first-order valence-electron chi connectivity index (χ1n) is 5.22. The van der Waals surface area contributed by atoms with Crippen molar-refractivity contribution in [3.63, 3.8) is 0 Å². The Morgan fingerprint density at radius 1 is 1.47 bits per heavy atom. The SMILES string of the molecule is Cn1cnnc1CCNc1ccc(C#N)nc1. The van der Waals surface area contributed by atoms with Crippen LogP contribution in [0.25, 0.3) is 0 Å². The molecule has 0 unspecified atom stereocenters. The van der Waals surface area contributed by atoms with Gasteiger partial charge in [0.25, 0.3) is 0 Å². The number of pyridine rings is 1. The van der Waals surface area contributed by atoms with Crippen LogP contribution in [0, 0.1) is 11.3 Å². The van der Waals surface area contributed by atoms with Crippen molar-refractivity contribution in [2.24, 2.45) is 7.05 Å². The molecule has 0 spiro atoms. The van der Waals surface area contributed by atoms with Crippen LogP contribution < -0.4 is 5.32 Å². The first-order chi connectivity index (χ1) is 8.29. The Labute approximate surface area is 98.9 Å². The molecule has 6 heteroatoms. The third kappa shape index (κ3) is 2.78. The van der Waals surface area contributed by atoms with E-state index in [1.165, 1.54) is 0 Å². The van der Waals surface area contributed by atoms with Gasteiger partial charge in [0, 0.05) is 20.0 Å². The lowest BCUT2D eigenvalue weighted by atomic mass is 10.3. The molecule has 0 radical (unpaired) electrons. The molecule has 0 aliphatic rings. The minimum Gasteiger partial charge on any atom is -0.383 e. The standard InChI is InChI=1S/C11H12N6/c1-17-8-15-16-11(17)4-5-13-10-3-2-9(6-12)14-7-10/h2-3,7-8,13H,4-5H2,1H3. The number of hydrogen-bond acceptors (Lipinski definition) is 5. The van der Waals surface area contributed by atoms with E-state index < -0.39 is 0 Å². The molecule has 0 fully saturated rings. The monoisotopic (exact) mass is 228 g/mol. The van der Waals surface area contributed by atoms with Crippen LogP contribution in [0.3, 0.4) is 0 Å². The second-order valence-electron chi connectivity index (χ2n) is 3.58. The fourth-order valence-electron chi connectivity index (χ4n) is 1.42. The summed E-state index contributed by atoms with van der Waals surface area (Å²) in [6.45, 7) is 0.750. The van der Waals surface area contributed by atoms with Crippen LogP contribution >= 0.6 is 0 Å². The summed E-state index contributed by atoms with van der Waals surface area (Å²) in [5, 5.41) is 19.6. The van der Waals surface area contributed by atoms with Gasteiger partial charge in [-0.25, -0.2) is 4.98 Å². The van der Waals surface area contributed by atoms with E-state index in [4.69, 9.17) is 5.26 Å². The smallest absolute Gasteiger partial charge is 0.140 e. The summed E-state index contributed by atoms with van der Waals surface area (Å²) in [5.41, 5.74) is 1.31. The van der Waals surface area contributed by atoms with Crippen molar-refractivity contribution < 1.29 is 0 Å². The summed E-state index contributed by atoms with van der Waals surface area (Å²) in [6.07, 6.45) is 4.12. The molecule has 0 amide bonds. The van der Waals surface area contributed by atoms with Gasteiger partial charge in [-0.05, 0) is 12.1 Å². The summed E-state index contributed by atoms with van der Waals surface area (Å²) in [5.74, 6) is 0.930. The van der Waals surface area contributed by atoms with Crippen LogP contribution in [-0.4, -0.2) is 26.3 Å². The third-order valence-corrected chi connectivity index (χ3v) is 2.36. The van der Waals surface area contributed by atoms with Crippen molar-refractivity contribution >= 4 is 5.69 Å². The van der Waals surface area contributed by atoms with Gasteiger partial charge >= 0.3 is 0 Å². The molecule has 1 N–H and O–H groups in total. The first kappa shape index (κ1) is 11.1. The summed E-state index contributed by atoms with van der Waals surface area (Å²) in [6, 6.07) is 5.50. The van der Waals surface area contributed by atoms with E-state index in [9.17, 15) is 0 Å². The zero-order valence-corrected chi connectivity index (χ0v) is 9.46. The summed E-state index contributed by atoms with van der Waals surface area (Å²) in [4.78, 5) is 3.97. The second kappa shape index (κ2) is 5.07. The van der Waals surface area contributed by atoms with Gasteiger partial charge in [0.2, 0.25) is 0 Å². The topological polar surface area (TPSA) is 79.4 Å². The van der Waals surface area contributed by atoms with Crippen LogP contribution in [-0.2, 0) is 13.5 Å². The number of nitriles is 1. The quantitative estimate of drug-likeness (QED) is 0.834. The zero-order valence-electron chi connectivity index (χ0n) is 9.46. The van der Waals surface area contributed by atoms with E-state index in [2.05, 4.69) is 20.5 Å². The minimum atomic E-state index is 0.420. The average molecular weight is 228 g/mol. The van der Waals surface area contributed by atoms with Crippen LogP contribution in [0.1, 0.15) is 11.5 Å². The average Bonchev–Trinajstić information content (AvgIpc) is 2.76. The van der Waals surface area contributed by atoms with Crippen molar-refractivity contribution in [2.45, 2.75) is 6.42 Å². The Morgan fingerprint density at radius 3 is 2.94 bits per heavy atom. The highest BCUT2D eigenvalue weighted by Gasteiger charge is 2.00. The fourth-order valence-corrected chi connectivity index (χ4v) is 1.42. The van der Waals surface area contributed by atoms with Gasteiger partial charge in [-0.3, -0.25) is 0 Å². The van der Waals surface area contributed by atoms with Crippen molar-refractivity contribution in [3.8, 4) is 6.07 Å². The number of rotatable bonds is 4. The summed E-state index contributed by atoms with van der Waals surface area (Å²) >= 11 is 0. The predicted molar refractivity (Wildman–Crippen MR) is 62.1 cm³/mol. The molecule has 0 aliphatic carbocycles. The normalized spacial score (nSPS) is 9.88. The van der Waals surface area contributed by atoms with E-state index >= 15 is 0 Å². The third-order valence-electron chi connectivity index (χ3n) is 2.36. The largest absolute Gasteiger partial charge is 0.383 e. The van der Waals surface area contributed by atoms with Gasteiger partial charge in [0.1, 0.15) is 23.9 Å². The number of anilines is 1. The van der Waals surface area contributed by atoms with E-state index in [0.717, 1.165) is 24.5 Å². The van der Waals surface area contributed by atoms with Crippen molar-refractivity contribution in [3.05, 3.63) is 36.2 Å². The van der Waals surface area contributed by atoms with Gasteiger partial charge < -0.3 is 9.88 Å². The van der Waals surface area contributed by atoms with Gasteiger partial charge in [-0.15, -0.1) is 10.2 Å². The molecule has 86 valence electrons. The molecule has 17 heavy (non-hydrogen) atoms. The lowest BCUT2D eigenvalue weighted by Gasteiger charge is -2.05. The number of nitrogens with one attached hydrogen (secondary N) is 1. The van der Waals surface area contributed by atoms with Gasteiger partial charge in [-0.2, -0.15) is 5.26 Å². The van der Waals surface area contributed by atoms with E-state index in [0.29, 0.717) is 5.69 Å². The number of nitrogens with zero attached hydrogens (tertiary/aromatic N) is 5. The Kier molecular flexibility index (Phi) is 3.31. The van der Waals surface area contributed by atoms with E-state index in [1.54, 1.807) is 18.6 Å². The highest BCUT2D eigenvalue weighted by atomic mass is 15.2. The number of aromatic nitrogens is 4. The van der Waals surface area contributed by atoms with Crippen LogP contribution in [0.15, 0.2) is 24.7 Å². The Bertz CT molecular complexity index is 522. The molecular weight excluding hydrogens is 216 g/mol. The lowest BCUT2D eigenvalue weighted by molar-refractivity contribution is 0.788. The minimum absolute atomic E-state index is 0.420. The lowest BCUT2D eigenvalue weighted by Crippen LogP contribution is -2.08. The second-order valence-corrected chi connectivity index (χ2v) is 3.58. The van der Waals surface area contributed by atoms with Crippen molar-refractivity contribution in [1.82, 2.24) is 19.7 Å². The maximum absolute atomic E-state index is 8.61. The number of aryl methyl sites for hydroxylation is 1. The summed E-state index contributed by atoms with van der Waals surface area (Å²) in [7, 11) is 1.92. The molecule has 2 aromatic rings. The highest BCUT2D eigenvalue weighted by molar-refractivity contribution is 5.42. The molecule has 0 aliphatic heterocycles. The van der Waals surface area contributed by atoms with Crippen LogP contribution in [0.2, 0.25) is 0 Å². The Balaban J connectivity index is 1.86. The molecule has 2 heterocycles. The molecular formula is C11H12N6. The van der Waals surface area contributed by atoms with Crippen LogP contribution in [0.5, 0.6) is 0 Å². The van der Waals surface area contributed by atoms with Gasteiger partial charge in [0.15, 0.2) is 0 Å². The molecule has 6 nitrogen and oxygen atoms in total. The van der Waals surface area contributed by atoms with E-state index in [-0.39, 0.29) is 0 Å². The molecule has 2 rings (SSSR count). The number of hydrogen-bond donors (Lipinski definition) is 1. The molecule has 0 bridgehead atoms. The van der Waals surface area contributed by atoms with E-state index in [1.807, 2.05) is 23.8 Å². The molecule has 0 aromatic carbocycles. The maximum atomic E-state index is 8.61.